The fourth-order valence-electron chi connectivity index (χ4n) is 3.83. The first-order chi connectivity index (χ1) is 12.8. The summed E-state index contributed by atoms with van der Waals surface area (Å²) in [6.07, 6.45) is 4.47. The van der Waals surface area contributed by atoms with Gasteiger partial charge in [-0.05, 0) is 37.7 Å². The molecule has 0 saturated carbocycles. The molecule has 2 aliphatic rings. The van der Waals surface area contributed by atoms with Crippen LogP contribution in [0.25, 0.3) is 0 Å². The Bertz CT molecular complexity index is 824. The molecule has 0 spiro atoms. The van der Waals surface area contributed by atoms with Crippen molar-refractivity contribution in [3.05, 3.63) is 18.0 Å². The van der Waals surface area contributed by atoms with E-state index in [2.05, 4.69) is 11.7 Å². The summed E-state index contributed by atoms with van der Waals surface area (Å²) in [5.41, 5.74) is 0.156. The number of nitrogens with zero attached hydrogens (tertiary/aromatic N) is 3. The van der Waals surface area contributed by atoms with E-state index in [1.807, 2.05) is 0 Å². The summed E-state index contributed by atoms with van der Waals surface area (Å²) in [7, 11) is -1.03. The molecule has 3 heterocycles. The summed E-state index contributed by atoms with van der Waals surface area (Å²) in [6, 6.07) is 0.647. The number of hydrogen-bond donors (Lipinski definition) is 0. The fraction of sp³-hybridized carbons (Fsp3) is 0.667. The highest BCUT2D eigenvalue weighted by molar-refractivity contribution is 7.89. The van der Waals surface area contributed by atoms with Gasteiger partial charge in [0, 0.05) is 32.9 Å². The Hall–Kier alpha value is -1.87. The van der Waals surface area contributed by atoms with Gasteiger partial charge in [0.25, 0.3) is 0 Å². The van der Waals surface area contributed by atoms with E-state index >= 15 is 0 Å². The van der Waals surface area contributed by atoms with Crippen molar-refractivity contribution in [3.63, 3.8) is 0 Å². The zero-order valence-corrected chi connectivity index (χ0v) is 16.9. The third-order valence-electron chi connectivity index (χ3n) is 5.57. The Morgan fingerprint density at radius 2 is 1.81 bits per heavy atom. The molecular weight excluding hydrogens is 370 g/mol. The number of carbonyl (C=O) groups excluding carboxylic acids is 2. The number of carbonyl (C=O) groups is 2. The zero-order valence-electron chi connectivity index (χ0n) is 16.1. The van der Waals surface area contributed by atoms with Crippen LogP contribution in [0.15, 0.2) is 17.2 Å². The van der Waals surface area contributed by atoms with Crippen molar-refractivity contribution in [2.24, 2.45) is 13.0 Å². The summed E-state index contributed by atoms with van der Waals surface area (Å²) in [5.74, 6) is -0.110. The lowest BCUT2D eigenvalue weighted by Crippen LogP contribution is -2.49. The maximum Gasteiger partial charge on any atom is 0.354 e. The van der Waals surface area contributed by atoms with E-state index in [1.54, 1.807) is 11.9 Å². The molecule has 27 heavy (non-hydrogen) atoms. The van der Waals surface area contributed by atoms with Gasteiger partial charge in [-0.3, -0.25) is 4.79 Å². The lowest BCUT2D eigenvalue weighted by atomic mass is 9.98. The summed E-state index contributed by atoms with van der Waals surface area (Å²) in [5, 5.41) is 0. The number of aryl methyl sites for hydroxylation is 1. The molecule has 1 aromatic rings. The minimum atomic E-state index is -3.87. The molecule has 0 aliphatic carbocycles. The summed E-state index contributed by atoms with van der Waals surface area (Å²) in [4.78, 5) is 26.6. The molecule has 0 aromatic carbocycles. The monoisotopic (exact) mass is 397 g/mol. The SMILES string of the molecule is COC(=O)c1cc(S(=O)(=O)N2CCC[C@@H]2C(=O)N2CCC(C)CC2)cn1C. The van der Waals surface area contributed by atoms with E-state index in [1.165, 1.54) is 28.2 Å². The first kappa shape index (κ1) is 19.9. The third-order valence-corrected chi connectivity index (χ3v) is 7.44. The standard InChI is InChI=1S/C18H27N3O5S/c1-13-6-9-20(10-7-13)17(22)15-5-4-8-21(15)27(24,25)14-11-16(18(23)26-3)19(2)12-14/h11-13,15H,4-10H2,1-3H3/t15-/m1/s1. The van der Waals surface area contributed by atoms with Crippen LogP contribution in [-0.4, -0.2) is 66.9 Å². The van der Waals surface area contributed by atoms with E-state index in [-0.39, 0.29) is 16.5 Å². The van der Waals surface area contributed by atoms with Gasteiger partial charge >= 0.3 is 5.97 Å². The maximum atomic E-state index is 13.2. The molecule has 0 N–H and O–H groups in total. The van der Waals surface area contributed by atoms with Crippen molar-refractivity contribution in [1.82, 2.24) is 13.8 Å². The highest BCUT2D eigenvalue weighted by Crippen LogP contribution is 2.29. The highest BCUT2D eigenvalue weighted by Gasteiger charge is 2.42. The van der Waals surface area contributed by atoms with Crippen LogP contribution < -0.4 is 0 Å². The zero-order chi connectivity index (χ0) is 19.8. The Balaban J connectivity index is 1.83. The molecule has 2 fully saturated rings. The Labute approximate surface area is 160 Å². The molecule has 0 bridgehead atoms. The van der Waals surface area contributed by atoms with Crippen molar-refractivity contribution in [1.29, 1.82) is 0 Å². The molecule has 2 saturated heterocycles. The van der Waals surface area contributed by atoms with Crippen molar-refractivity contribution >= 4 is 21.9 Å². The van der Waals surface area contributed by atoms with Crippen LogP contribution in [0.3, 0.4) is 0 Å². The summed E-state index contributed by atoms with van der Waals surface area (Å²) in [6.45, 7) is 3.85. The van der Waals surface area contributed by atoms with Crippen molar-refractivity contribution in [2.45, 2.75) is 43.5 Å². The minimum Gasteiger partial charge on any atom is -0.464 e. The number of hydrogen-bond acceptors (Lipinski definition) is 5. The predicted octanol–water partition coefficient (Wildman–Crippen LogP) is 1.22. The van der Waals surface area contributed by atoms with E-state index in [4.69, 9.17) is 0 Å². The molecular formula is C18H27N3O5S. The van der Waals surface area contributed by atoms with Crippen LogP contribution >= 0.6 is 0 Å². The second-order valence-corrected chi connectivity index (χ2v) is 9.34. The minimum absolute atomic E-state index is 0.0115. The smallest absolute Gasteiger partial charge is 0.354 e. The Kier molecular flexibility index (Phi) is 5.62. The summed E-state index contributed by atoms with van der Waals surface area (Å²) >= 11 is 0. The first-order valence-corrected chi connectivity index (χ1v) is 10.7. The average Bonchev–Trinajstić information content (AvgIpc) is 3.28. The fourth-order valence-corrected chi connectivity index (χ4v) is 5.56. The normalized spacial score (nSPS) is 22.2. The van der Waals surface area contributed by atoms with Gasteiger partial charge < -0.3 is 14.2 Å². The largest absolute Gasteiger partial charge is 0.464 e. The molecule has 1 atom stereocenters. The molecule has 9 heteroatoms. The number of aromatic nitrogens is 1. The van der Waals surface area contributed by atoms with Crippen LogP contribution in [-0.2, 0) is 26.6 Å². The number of ether oxygens (including phenoxy) is 1. The molecule has 3 rings (SSSR count). The van der Waals surface area contributed by atoms with Gasteiger partial charge in [-0.1, -0.05) is 6.92 Å². The molecule has 0 radical (unpaired) electrons. The van der Waals surface area contributed by atoms with E-state index < -0.39 is 22.0 Å². The highest BCUT2D eigenvalue weighted by atomic mass is 32.2. The van der Waals surface area contributed by atoms with Gasteiger partial charge in [0.05, 0.1) is 7.11 Å². The number of piperidine rings is 1. The van der Waals surface area contributed by atoms with E-state index in [0.717, 1.165) is 12.8 Å². The predicted molar refractivity (Wildman–Crippen MR) is 98.6 cm³/mol. The number of sulfonamides is 1. The van der Waals surface area contributed by atoms with Gasteiger partial charge in [0.2, 0.25) is 15.9 Å². The number of rotatable bonds is 4. The molecule has 1 aromatic heterocycles. The average molecular weight is 397 g/mol. The van der Waals surface area contributed by atoms with Crippen molar-refractivity contribution < 1.29 is 22.7 Å². The maximum absolute atomic E-state index is 13.2. The molecule has 2 aliphatic heterocycles. The van der Waals surface area contributed by atoms with E-state index in [9.17, 15) is 18.0 Å². The van der Waals surface area contributed by atoms with Gasteiger partial charge in [0.1, 0.15) is 16.6 Å². The number of likely N-dealkylation sites (tertiary alicyclic amines) is 1. The third kappa shape index (κ3) is 3.75. The molecule has 0 unspecified atom stereocenters. The Morgan fingerprint density at radius 3 is 2.44 bits per heavy atom. The lowest BCUT2D eigenvalue weighted by Gasteiger charge is -2.34. The van der Waals surface area contributed by atoms with Crippen LogP contribution in [0.1, 0.15) is 43.1 Å². The van der Waals surface area contributed by atoms with Crippen molar-refractivity contribution in [3.8, 4) is 0 Å². The quantitative estimate of drug-likeness (QED) is 0.713. The number of esters is 1. The Morgan fingerprint density at radius 1 is 1.15 bits per heavy atom. The second kappa shape index (κ2) is 7.63. The second-order valence-electron chi connectivity index (χ2n) is 7.45. The molecule has 8 nitrogen and oxygen atoms in total. The van der Waals surface area contributed by atoms with Crippen molar-refractivity contribution in [2.75, 3.05) is 26.7 Å². The van der Waals surface area contributed by atoms with Crippen LogP contribution in [0, 0.1) is 5.92 Å². The van der Waals surface area contributed by atoms with E-state index in [0.29, 0.717) is 38.4 Å². The number of methoxy groups -OCH3 is 1. The number of amides is 1. The van der Waals surface area contributed by atoms with Gasteiger partial charge in [-0.2, -0.15) is 4.31 Å². The van der Waals surface area contributed by atoms with Gasteiger partial charge in [-0.15, -0.1) is 0 Å². The molecule has 150 valence electrons. The lowest BCUT2D eigenvalue weighted by molar-refractivity contribution is -0.135. The van der Waals surface area contributed by atoms with Gasteiger partial charge in [-0.25, -0.2) is 13.2 Å². The topological polar surface area (TPSA) is 88.9 Å². The van der Waals surface area contributed by atoms with Crippen LogP contribution in [0.5, 0.6) is 0 Å². The molecule has 1 amide bonds. The first-order valence-electron chi connectivity index (χ1n) is 9.31. The van der Waals surface area contributed by atoms with Crippen LogP contribution in [0.2, 0.25) is 0 Å². The van der Waals surface area contributed by atoms with Gasteiger partial charge in [0.15, 0.2) is 0 Å². The summed E-state index contributed by atoms with van der Waals surface area (Å²) < 4.78 is 33.7. The van der Waals surface area contributed by atoms with Crippen LogP contribution in [0.4, 0.5) is 0 Å².